The topological polar surface area (TPSA) is 38.9 Å². The summed E-state index contributed by atoms with van der Waals surface area (Å²) >= 11 is 5.10. The number of benzene rings is 2. The predicted octanol–water partition coefficient (Wildman–Crippen LogP) is 4.93. The van der Waals surface area contributed by atoms with Crippen LogP contribution in [0.3, 0.4) is 0 Å². The van der Waals surface area contributed by atoms with E-state index in [-0.39, 0.29) is 5.82 Å². The standard InChI is InChI=1S/C15H10BrFN2OS/c16-12-3-1-2-4-13(12)21-9-14-18-15(19-20-14)10-5-7-11(17)8-6-10/h1-8H,9H2. The molecule has 0 unspecified atom stereocenters. The molecule has 6 heteroatoms. The van der Waals surface area contributed by atoms with Gasteiger partial charge in [-0.3, -0.25) is 0 Å². The summed E-state index contributed by atoms with van der Waals surface area (Å²) in [6.45, 7) is 0. The second-order valence-electron chi connectivity index (χ2n) is 4.24. The molecule has 0 spiro atoms. The minimum absolute atomic E-state index is 0.285. The largest absolute Gasteiger partial charge is 0.338 e. The summed E-state index contributed by atoms with van der Waals surface area (Å²) in [5, 5.41) is 3.92. The molecule has 0 aliphatic carbocycles. The summed E-state index contributed by atoms with van der Waals surface area (Å²) < 4.78 is 19.1. The van der Waals surface area contributed by atoms with E-state index in [1.807, 2.05) is 24.3 Å². The maximum atomic E-state index is 12.9. The van der Waals surface area contributed by atoms with Crippen molar-refractivity contribution in [2.75, 3.05) is 0 Å². The van der Waals surface area contributed by atoms with Crippen molar-refractivity contribution in [2.24, 2.45) is 0 Å². The van der Waals surface area contributed by atoms with Crippen LogP contribution in [0.5, 0.6) is 0 Å². The minimum atomic E-state index is -0.285. The van der Waals surface area contributed by atoms with Crippen molar-refractivity contribution >= 4 is 27.7 Å². The Morgan fingerprint density at radius 3 is 2.62 bits per heavy atom. The maximum Gasteiger partial charge on any atom is 0.237 e. The molecule has 0 amide bonds. The Hall–Kier alpha value is -1.66. The van der Waals surface area contributed by atoms with Crippen LogP contribution in [0, 0.1) is 5.82 Å². The summed E-state index contributed by atoms with van der Waals surface area (Å²) in [5.74, 6) is 1.30. The summed E-state index contributed by atoms with van der Waals surface area (Å²) in [4.78, 5) is 5.43. The van der Waals surface area contributed by atoms with Gasteiger partial charge in [-0.1, -0.05) is 17.3 Å². The van der Waals surface area contributed by atoms with E-state index in [2.05, 4.69) is 26.1 Å². The fourth-order valence-corrected chi connectivity index (χ4v) is 3.14. The van der Waals surface area contributed by atoms with Crippen LogP contribution in [0.25, 0.3) is 11.4 Å². The van der Waals surface area contributed by atoms with Gasteiger partial charge in [-0.15, -0.1) is 11.8 Å². The lowest BCUT2D eigenvalue weighted by Gasteiger charge is -2.00. The van der Waals surface area contributed by atoms with Gasteiger partial charge in [0, 0.05) is 14.9 Å². The summed E-state index contributed by atoms with van der Waals surface area (Å²) in [7, 11) is 0. The first-order valence-electron chi connectivity index (χ1n) is 6.18. The lowest BCUT2D eigenvalue weighted by molar-refractivity contribution is 0.391. The van der Waals surface area contributed by atoms with E-state index in [0.29, 0.717) is 17.5 Å². The molecule has 2 aromatic carbocycles. The van der Waals surface area contributed by atoms with E-state index < -0.39 is 0 Å². The molecule has 0 saturated carbocycles. The van der Waals surface area contributed by atoms with Crippen molar-refractivity contribution in [3.63, 3.8) is 0 Å². The Bertz CT molecular complexity index is 745. The first-order valence-corrected chi connectivity index (χ1v) is 7.96. The average molecular weight is 365 g/mol. The normalized spacial score (nSPS) is 10.8. The molecule has 1 heterocycles. The first-order chi connectivity index (χ1) is 10.2. The van der Waals surface area contributed by atoms with Gasteiger partial charge in [-0.25, -0.2) is 4.39 Å². The molecule has 21 heavy (non-hydrogen) atoms. The number of nitrogens with zero attached hydrogens (tertiary/aromatic N) is 2. The number of rotatable bonds is 4. The second kappa shape index (κ2) is 6.41. The number of thioether (sulfide) groups is 1. The van der Waals surface area contributed by atoms with E-state index in [9.17, 15) is 4.39 Å². The summed E-state index contributed by atoms with van der Waals surface area (Å²) in [6.07, 6.45) is 0. The third-order valence-electron chi connectivity index (χ3n) is 2.76. The predicted molar refractivity (Wildman–Crippen MR) is 83.4 cm³/mol. The molecule has 1 aromatic heterocycles. The molecular weight excluding hydrogens is 355 g/mol. The van der Waals surface area contributed by atoms with Gasteiger partial charge in [-0.2, -0.15) is 4.98 Å². The molecule has 0 aliphatic heterocycles. The van der Waals surface area contributed by atoms with Crippen molar-refractivity contribution in [1.29, 1.82) is 0 Å². The zero-order valence-electron chi connectivity index (χ0n) is 10.8. The van der Waals surface area contributed by atoms with Gasteiger partial charge in [0.15, 0.2) is 0 Å². The number of halogens is 2. The van der Waals surface area contributed by atoms with Gasteiger partial charge in [-0.05, 0) is 52.3 Å². The van der Waals surface area contributed by atoms with Crippen LogP contribution in [0.4, 0.5) is 4.39 Å². The number of aromatic nitrogens is 2. The zero-order valence-corrected chi connectivity index (χ0v) is 13.2. The van der Waals surface area contributed by atoms with Crippen molar-refractivity contribution in [1.82, 2.24) is 10.1 Å². The lowest BCUT2D eigenvalue weighted by Crippen LogP contribution is -1.84. The van der Waals surface area contributed by atoms with E-state index in [1.54, 1.807) is 23.9 Å². The Kier molecular flexibility index (Phi) is 4.36. The third kappa shape index (κ3) is 3.51. The van der Waals surface area contributed by atoms with Crippen molar-refractivity contribution in [2.45, 2.75) is 10.6 Å². The van der Waals surface area contributed by atoms with E-state index in [0.717, 1.165) is 14.9 Å². The van der Waals surface area contributed by atoms with Gasteiger partial charge >= 0.3 is 0 Å². The maximum absolute atomic E-state index is 12.9. The fraction of sp³-hybridized carbons (Fsp3) is 0.0667. The summed E-state index contributed by atoms with van der Waals surface area (Å²) in [6, 6.07) is 14.0. The van der Waals surface area contributed by atoms with Crippen molar-refractivity contribution in [3.05, 3.63) is 64.7 Å². The molecule has 3 rings (SSSR count). The zero-order chi connectivity index (χ0) is 14.7. The highest BCUT2D eigenvalue weighted by molar-refractivity contribution is 9.10. The highest BCUT2D eigenvalue weighted by Gasteiger charge is 2.10. The first kappa shape index (κ1) is 14.3. The smallest absolute Gasteiger partial charge is 0.237 e. The van der Waals surface area contributed by atoms with Gasteiger partial charge in [0.2, 0.25) is 11.7 Å². The molecule has 0 atom stereocenters. The molecule has 3 nitrogen and oxygen atoms in total. The molecule has 0 radical (unpaired) electrons. The highest BCUT2D eigenvalue weighted by Crippen LogP contribution is 2.29. The van der Waals surface area contributed by atoms with Crippen LogP contribution in [0.1, 0.15) is 5.89 Å². The molecule has 0 saturated heterocycles. The Morgan fingerprint density at radius 2 is 1.86 bits per heavy atom. The van der Waals surface area contributed by atoms with Crippen LogP contribution in [-0.2, 0) is 5.75 Å². The van der Waals surface area contributed by atoms with Crippen LogP contribution in [0.2, 0.25) is 0 Å². The Labute approximate surface area is 133 Å². The number of hydrogen-bond acceptors (Lipinski definition) is 4. The molecular formula is C15H10BrFN2OS. The minimum Gasteiger partial charge on any atom is -0.338 e. The Balaban J connectivity index is 1.71. The van der Waals surface area contributed by atoms with Crippen LogP contribution >= 0.6 is 27.7 Å². The third-order valence-corrected chi connectivity index (χ3v) is 4.77. The molecule has 0 aliphatic rings. The lowest BCUT2D eigenvalue weighted by atomic mass is 10.2. The molecule has 3 aromatic rings. The van der Waals surface area contributed by atoms with Crippen LogP contribution < -0.4 is 0 Å². The van der Waals surface area contributed by atoms with E-state index in [1.165, 1.54) is 12.1 Å². The van der Waals surface area contributed by atoms with Gasteiger partial charge in [0.25, 0.3) is 0 Å². The monoisotopic (exact) mass is 364 g/mol. The van der Waals surface area contributed by atoms with E-state index >= 15 is 0 Å². The van der Waals surface area contributed by atoms with Crippen molar-refractivity contribution < 1.29 is 8.91 Å². The van der Waals surface area contributed by atoms with Gasteiger partial charge in [0.1, 0.15) is 5.82 Å². The molecule has 0 N–H and O–H groups in total. The molecule has 0 bridgehead atoms. The van der Waals surface area contributed by atoms with Crippen LogP contribution in [-0.4, -0.2) is 10.1 Å². The average Bonchev–Trinajstić information content (AvgIpc) is 2.96. The SMILES string of the molecule is Fc1ccc(-c2noc(CSc3ccccc3Br)n2)cc1. The second-order valence-corrected chi connectivity index (χ2v) is 6.11. The van der Waals surface area contributed by atoms with E-state index in [4.69, 9.17) is 4.52 Å². The number of hydrogen-bond donors (Lipinski definition) is 0. The highest BCUT2D eigenvalue weighted by atomic mass is 79.9. The Morgan fingerprint density at radius 1 is 1.10 bits per heavy atom. The summed E-state index contributed by atoms with van der Waals surface area (Å²) in [5.41, 5.74) is 0.734. The fourth-order valence-electron chi connectivity index (χ4n) is 1.73. The molecule has 0 fully saturated rings. The quantitative estimate of drug-likeness (QED) is 0.615. The van der Waals surface area contributed by atoms with Crippen LogP contribution in [0.15, 0.2) is 62.4 Å². The van der Waals surface area contributed by atoms with Gasteiger partial charge in [0.05, 0.1) is 5.75 Å². The molecule has 106 valence electrons. The van der Waals surface area contributed by atoms with Gasteiger partial charge < -0.3 is 4.52 Å². The van der Waals surface area contributed by atoms with Crippen molar-refractivity contribution in [3.8, 4) is 11.4 Å².